The van der Waals surface area contributed by atoms with Gasteiger partial charge in [-0.25, -0.2) is 4.98 Å². The van der Waals surface area contributed by atoms with Crippen LogP contribution in [0.2, 0.25) is 0 Å². The summed E-state index contributed by atoms with van der Waals surface area (Å²) in [7, 11) is 0. The summed E-state index contributed by atoms with van der Waals surface area (Å²) >= 11 is 1.55. The molecular formula is C25H21N5O2S. The molecule has 0 spiro atoms. The van der Waals surface area contributed by atoms with Crippen molar-refractivity contribution in [3.8, 4) is 34.3 Å². The van der Waals surface area contributed by atoms with Crippen LogP contribution in [0.4, 0.5) is 0 Å². The zero-order chi connectivity index (χ0) is 22.5. The van der Waals surface area contributed by atoms with Gasteiger partial charge in [0.1, 0.15) is 12.0 Å². The summed E-state index contributed by atoms with van der Waals surface area (Å²) in [5.74, 6) is 2.78. The van der Waals surface area contributed by atoms with Gasteiger partial charge in [0, 0.05) is 35.0 Å². The number of oxazole rings is 1. The Morgan fingerprint density at radius 1 is 0.909 bits per heavy atom. The van der Waals surface area contributed by atoms with Crippen LogP contribution in [-0.2, 0) is 5.75 Å². The molecule has 0 bridgehead atoms. The van der Waals surface area contributed by atoms with Gasteiger partial charge < -0.3 is 9.15 Å². The first-order valence-corrected chi connectivity index (χ1v) is 11.5. The van der Waals surface area contributed by atoms with E-state index in [0.717, 1.165) is 39.2 Å². The monoisotopic (exact) mass is 455 g/mol. The van der Waals surface area contributed by atoms with E-state index < -0.39 is 0 Å². The molecule has 0 N–H and O–H groups in total. The average Bonchev–Trinajstić information content (AvgIpc) is 3.52. The van der Waals surface area contributed by atoms with Crippen molar-refractivity contribution in [2.75, 3.05) is 6.61 Å². The highest BCUT2D eigenvalue weighted by atomic mass is 32.2. The number of aromatic nitrogens is 5. The molecule has 3 aromatic heterocycles. The van der Waals surface area contributed by atoms with Crippen LogP contribution in [0.15, 0.2) is 95.0 Å². The fraction of sp³-hybridized carbons (Fsp3) is 0.120. The van der Waals surface area contributed by atoms with Gasteiger partial charge in [-0.05, 0) is 55.5 Å². The average molecular weight is 456 g/mol. The Hall–Kier alpha value is -3.91. The van der Waals surface area contributed by atoms with Gasteiger partial charge in [-0.3, -0.25) is 9.55 Å². The molecule has 2 aromatic carbocycles. The van der Waals surface area contributed by atoms with E-state index in [0.29, 0.717) is 18.3 Å². The number of hydrogen-bond donors (Lipinski definition) is 0. The summed E-state index contributed by atoms with van der Waals surface area (Å²) in [5.41, 5.74) is 3.67. The van der Waals surface area contributed by atoms with Crippen molar-refractivity contribution in [3.05, 3.63) is 91.1 Å². The molecule has 7 nitrogen and oxygen atoms in total. The topological polar surface area (TPSA) is 78.9 Å². The van der Waals surface area contributed by atoms with E-state index in [9.17, 15) is 0 Å². The van der Waals surface area contributed by atoms with Gasteiger partial charge in [-0.2, -0.15) is 0 Å². The van der Waals surface area contributed by atoms with Crippen molar-refractivity contribution in [2.24, 2.45) is 0 Å². The largest absolute Gasteiger partial charge is 0.494 e. The van der Waals surface area contributed by atoms with E-state index >= 15 is 0 Å². The normalized spacial score (nSPS) is 10.9. The summed E-state index contributed by atoms with van der Waals surface area (Å²) in [6.45, 7) is 2.59. The van der Waals surface area contributed by atoms with Crippen molar-refractivity contribution in [2.45, 2.75) is 17.8 Å². The van der Waals surface area contributed by atoms with Crippen molar-refractivity contribution < 1.29 is 9.15 Å². The minimum Gasteiger partial charge on any atom is -0.494 e. The van der Waals surface area contributed by atoms with Crippen LogP contribution in [0.25, 0.3) is 28.5 Å². The number of pyridine rings is 1. The van der Waals surface area contributed by atoms with Crippen LogP contribution in [0.1, 0.15) is 12.6 Å². The maximum atomic E-state index is 5.68. The molecule has 0 unspecified atom stereocenters. The molecular weight excluding hydrogens is 434 g/mol. The Morgan fingerprint density at radius 2 is 1.70 bits per heavy atom. The molecule has 5 rings (SSSR count). The summed E-state index contributed by atoms with van der Waals surface area (Å²) in [6.07, 6.45) is 5.19. The standard InChI is InChI=1S/C25H21N5O2S/c1-2-31-22-10-8-21(9-11-22)30-23(18-12-14-26-15-13-18)28-29-25(30)33-17-20-16-32-24(27-20)19-6-4-3-5-7-19/h3-16H,2,17H2,1H3. The first-order chi connectivity index (χ1) is 16.3. The molecule has 0 amide bonds. The third kappa shape index (κ3) is 4.65. The smallest absolute Gasteiger partial charge is 0.226 e. The fourth-order valence-electron chi connectivity index (χ4n) is 3.37. The Balaban J connectivity index is 1.44. The highest BCUT2D eigenvalue weighted by Gasteiger charge is 2.17. The van der Waals surface area contributed by atoms with Crippen molar-refractivity contribution >= 4 is 11.8 Å². The van der Waals surface area contributed by atoms with Gasteiger partial charge in [-0.15, -0.1) is 10.2 Å². The van der Waals surface area contributed by atoms with Gasteiger partial charge in [0.05, 0.1) is 12.3 Å². The minimum atomic E-state index is 0.599. The number of rotatable bonds is 8. The molecule has 8 heteroatoms. The Bertz CT molecular complexity index is 1320. The lowest BCUT2D eigenvalue weighted by Crippen LogP contribution is -2.00. The lowest BCUT2D eigenvalue weighted by atomic mass is 10.2. The second-order valence-electron chi connectivity index (χ2n) is 7.10. The van der Waals surface area contributed by atoms with Gasteiger partial charge in [0.25, 0.3) is 0 Å². The van der Waals surface area contributed by atoms with Crippen molar-refractivity contribution in [3.63, 3.8) is 0 Å². The highest BCUT2D eigenvalue weighted by molar-refractivity contribution is 7.98. The Kier molecular flexibility index (Phi) is 6.16. The molecule has 0 aliphatic rings. The zero-order valence-electron chi connectivity index (χ0n) is 18.0. The fourth-order valence-corrected chi connectivity index (χ4v) is 4.20. The van der Waals surface area contributed by atoms with Gasteiger partial charge in [0.15, 0.2) is 11.0 Å². The van der Waals surface area contributed by atoms with E-state index in [2.05, 4.69) is 20.2 Å². The molecule has 164 valence electrons. The van der Waals surface area contributed by atoms with E-state index in [1.54, 1.807) is 30.4 Å². The van der Waals surface area contributed by atoms with E-state index in [-0.39, 0.29) is 0 Å². The molecule has 0 fully saturated rings. The second kappa shape index (κ2) is 9.70. The van der Waals surface area contributed by atoms with E-state index in [4.69, 9.17) is 9.15 Å². The van der Waals surface area contributed by atoms with E-state index in [1.807, 2.05) is 78.2 Å². The maximum absolute atomic E-state index is 5.68. The van der Waals surface area contributed by atoms with Crippen LogP contribution in [0.3, 0.4) is 0 Å². The summed E-state index contributed by atoms with van der Waals surface area (Å²) in [6, 6.07) is 21.6. The van der Waals surface area contributed by atoms with Gasteiger partial charge in [-0.1, -0.05) is 30.0 Å². The van der Waals surface area contributed by atoms with Crippen LogP contribution in [-0.4, -0.2) is 31.3 Å². The number of hydrogen-bond acceptors (Lipinski definition) is 7. The lowest BCUT2D eigenvalue weighted by molar-refractivity contribution is 0.340. The summed E-state index contributed by atoms with van der Waals surface area (Å²) in [5, 5.41) is 9.71. The number of thioether (sulfide) groups is 1. The summed E-state index contributed by atoms with van der Waals surface area (Å²) < 4.78 is 13.3. The third-order valence-corrected chi connectivity index (χ3v) is 5.86. The third-order valence-electron chi connectivity index (χ3n) is 4.90. The number of benzene rings is 2. The van der Waals surface area contributed by atoms with E-state index in [1.165, 1.54) is 0 Å². The first kappa shape index (κ1) is 21.0. The number of nitrogens with zero attached hydrogens (tertiary/aromatic N) is 5. The quantitative estimate of drug-likeness (QED) is 0.279. The van der Waals surface area contributed by atoms with Gasteiger partial charge >= 0.3 is 0 Å². The molecule has 0 aliphatic heterocycles. The molecule has 0 saturated heterocycles. The molecule has 0 saturated carbocycles. The first-order valence-electron chi connectivity index (χ1n) is 10.5. The lowest BCUT2D eigenvalue weighted by Gasteiger charge is -2.11. The second-order valence-corrected chi connectivity index (χ2v) is 8.05. The molecule has 5 aromatic rings. The van der Waals surface area contributed by atoms with Crippen molar-refractivity contribution in [1.82, 2.24) is 24.7 Å². The predicted octanol–water partition coefficient (Wildman–Crippen LogP) is 5.68. The predicted molar refractivity (Wildman–Crippen MR) is 127 cm³/mol. The summed E-state index contributed by atoms with van der Waals surface area (Å²) in [4.78, 5) is 8.74. The van der Waals surface area contributed by atoms with Crippen LogP contribution >= 0.6 is 11.8 Å². The zero-order valence-corrected chi connectivity index (χ0v) is 18.8. The molecule has 33 heavy (non-hydrogen) atoms. The Labute approximate surface area is 195 Å². The van der Waals surface area contributed by atoms with Crippen LogP contribution in [0.5, 0.6) is 5.75 Å². The molecule has 0 radical (unpaired) electrons. The van der Waals surface area contributed by atoms with Crippen LogP contribution < -0.4 is 4.74 Å². The molecule has 0 aliphatic carbocycles. The minimum absolute atomic E-state index is 0.599. The molecule has 0 atom stereocenters. The van der Waals surface area contributed by atoms with Crippen LogP contribution in [0, 0.1) is 0 Å². The highest BCUT2D eigenvalue weighted by Crippen LogP contribution is 2.31. The Morgan fingerprint density at radius 3 is 2.45 bits per heavy atom. The maximum Gasteiger partial charge on any atom is 0.226 e. The van der Waals surface area contributed by atoms with Crippen molar-refractivity contribution in [1.29, 1.82) is 0 Å². The SMILES string of the molecule is CCOc1ccc(-n2c(SCc3coc(-c4ccccc4)n3)nnc2-c2ccncc2)cc1. The number of ether oxygens (including phenoxy) is 1. The molecule has 3 heterocycles. The van der Waals surface area contributed by atoms with Gasteiger partial charge in [0.2, 0.25) is 5.89 Å².